The average molecular weight is 447 g/mol. The zero-order valence-corrected chi connectivity index (χ0v) is 17.8. The van der Waals surface area contributed by atoms with E-state index in [1.54, 1.807) is 36.2 Å². The summed E-state index contributed by atoms with van der Waals surface area (Å²) in [6, 6.07) is 20.6. The highest BCUT2D eigenvalue weighted by Gasteiger charge is 2.15. The number of hydrogen-bond acceptors (Lipinski definition) is 6. The fourth-order valence-corrected chi connectivity index (χ4v) is 3.44. The third-order valence-corrected chi connectivity index (χ3v) is 5.21. The number of fused-ring (bicyclic) bond motifs is 1. The largest absolute Gasteiger partial charge is 0.457 e. The van der Waals surface area contributed by atoms with Gasteiger partial charge in [0.2, 0.25) is 5.91 Å². The van der Waals surface area contributed by atoms with Crippen molar-refractivity contribution in [1.82, 2.24) is 4.57 Å². The Bertz CT molecular complexity index is 1340. The number of aryl methyl sites for hydroxylation is 1. The second kappa shape index (κ2) is 9.39. The minimum atomic E-state index is -0.611. The van der Waals surface area contributed by atoms with Crippen LogP contribution in [0.5, 0.6) is 11.5 Å². The second-order valence-electron chi connectivity index (χ2n) is 7.39. The highest BCUT2D eigenvalue weighted by atomic mass is 16.6. The van der Waals surface area contributed by atoms with Gasteiger partial charge in [0.25, 0.3) is 5.69 Å². The Kier molecular flexibility index (Phi) is 6.21. The smallest absolute Gasteiger partial charge is 0.419 e. The molecule has 0 atom stereocenters. The summed E-state index contributed by atoms with van der Waals surface area (Å²) in [7, 11) is 1.69. The zero-order valence-electron chi connectivity index (χ0n) is 17.8. The number of para-hydroxylation sites is 1. The van der Waals surface area contributed by atoms with Crippen molar-refractivity contribution in [3.05, 3.63) is 93.5 Å². The van der Waals surface area contributed by atoms with E-state index >= 15 is 0 Å². The molecule has 4 aromatic rings. The summed E-state index contributed by atoms with van der Waals surface area (Å²) in [6.45, 7) is 0.257. The van der Waals surface area contributed by atoms with Gasteiger partial charge in [0, 0.05) is 31.8 Å². The quantitative estimate of drug-likeness (QED) is 0.285. The molecule has 0 bridgehead atoms. The van der Waals surface area contributed by atoms with E-state index in [9.17, 15) is 19.7 Å². The molecule has 0 unspecified atom stereocenters. The summed E-state index contributed by atoms with van der Waals surface area (Å²) in [6.07, 6.45) is 0.620. The van der Waals surface area contributed by atoms with Gasteiger partial charge in [-0.15, -0.1) is 0 Å². The van der Waals surface area contributed by atoms with Gasteiger partial charge in [0.1, 0.15) is 11.5 Å². The number of hydrogen-bond donors (Lipinski definition) is 0. The number of anilines is 1. The molecular weight excluding hydrogens is 426 g/mol. The van der Waals surface area contributed by atoms with Crippen LogP contribution in [-0.2, 0) is 11.3 Å². The number of nitrogens with zero attached hydrogens (tertiary/aromatic N) is 3. The summed E-state index contributed by atoms with van der Waals surface area (Å²) < 4.78 is 12.3. The molecule has 0 radical (unpaired) electrons. The molecule has 9 nitrogen and oxygen atoms in total. The molecule has 1 aromatic heterocycles. The average Bonchev–Trinajstić information content (AvgIpc) is 3.14. The van der Waals surface area contributed by atoms with Crippen molar-refractivity contribution in [2.24, 2.45) is 0 Å². The maximum atomic E-state index is 12.6. The number of carbonyl (C=O) groups is 1. The van der Waals surface area contributed by atoms with Crippen LogP contribution in [0.1, 0.15) is 12.8 Å². The molecule has 3 aromatic carbocycles. The van der Waals surface area contributed by atoms with Crippen molar-refractivity contribution < 1.29 is 18.9 Å². The first-order chi connectivity index (χ1) is 15.9. The third kappa shape index (κ3) is 4.93. The molecule has 9 heteroatoms. The number of carbonyl (C=O) groups excluding carboxylic acids is 1. The summed E-state index contributed by atoms with van der Waals surface area (Å²) >= 11 is 0. The Morgan fingerprint density at radius 2 is 1.76 bits per heavy atom. The van der Waals surface area contributed by atoms with Crippen molar-refractivity contribution in [2.75, 3.05) is 11.9 Å². The standard InChI is InChI=1S/C24H21N3O6/c1-25(17-9-12-20(13-10-17)32-19-6-3-2-4-7-19)23(28)8-5-15-26-21-14-11-18(27(30)31)16-22(21)33-24(26)29/h2-4,6-7,9-14,16H,5,8,15H2,1H3. The van der Waals surface area contributed by atoms with Gasteiger partial charge in [0.15, 0.2) is 5.58 Å². The number of nitro groups is 1. The normalized spacial score (nSPS) is 10.8. The Balaban J connectivity index is 1.35. The molecule has 0 saturated heterocycles. The molecule has 0 aliphatic heterocycles. The SMILES string of the molecule is CN(C(=O)CCCn1c(=O)oc2cc([N+](=O)[O-])ccc21)c1ccc(Oc2ccccc2)cc1. The highest BCUT2D eigenvalue weighted by Crippen LogP contribution is 2.24. The Hall–Kier alpha value is -4.40. The van der Waals surface area contributed by atoms with Crippen molar-refractivity contribution in [3.63, 3.8) is 0 Å². The number of amides is 1. The maximum absolute atomic E-state index is 12.6. The first-order valence-corrected chi connectivity index (χ1v) is 10.3. The number of benzene rings is 3. The third-order valence-electron chi connectivity index (χ3n) is 5.21. The van der Waals surface area contributed by atoms with Gasteiger partial charge in [-0.05, 0) is 48.9 Å². The lowest BCUT2D eigenvalue weighted by Crippen LogP contribution is -2.26. The van der Waals surface area contributed by atoms with Crippen LogP contribution in [-0.4, -0.2) is 22.4 Å². The van der Waals surface area contributed by atoms with Crippen LogP contribution in [0.3, 0.4) is 0 Å². The van der Waals surface area contributed by atoms with Crippen molar-refractivity contribution >= 4 is 28.4 Å². The van der Waals surface area contributed by atoms with Crippen LogP contribution in [0, 0.1) is 10.1 Å². The van der Waals surface area contributed by atoms with Gasteiger partial charge in [-0.1, -0.05) is 18.2 Å². The molecule has 0 spiro atoms. The lowest BCUT2D eigenvalue weighted by Gasteiger charge is -2.18. The predicted molar refractivity (Wildman–Crippen MR) is 123 cm³/mol. The minimum absolute atomic E-state index is 0.108. The minimum Gasteiger partial charge on any atom is -0.457 e. The molecule has 1 amide bonds. The van der Waals surface area contributed by atoms with E-state index in [1.807, 2.05) is 30.3 Å². The summed E-state index contributed by atoms with van der Waals surface area (Å²) in [5, 5.41) is 10.9. The van der Waals surface area contributed by atoms with Gasteiger partial charge in [-0.25, -0.2) is 4.79 Å². The zero-order chi connectivity index (χ0) is 23.4. The van der Waals surface area contributed by atoms with Gasteiger partial charge < -0.3 is 14.1 Å². The molecule has 0 aliphatic rings. The van der Waals surface area contributed by atoms with Gasteiger partial charge in [0.05, 0.1) is 16.5 Å². The van der Waals surface area contributed by atoms with Crippen molar-refractivity contribution in [2.45, 2.75) is 19.4 Å². The number of nitro benzene ring substituents is 1. The summed E-state index contributed by atoms with van der Waals surface area (Å²) in [5.41, 5.74) is 1.18. The topological polar surface area (TPSA) is 108 Å². The molecule has 0 N–H and O–H groups in total. The Morgan fingerprint density at radius 1 is 1.06 bits per heavy atom. The summed E-state index contributed by atoms with van der Waals surface area (Å²) in [5.74, 6) is 0.673. The van der Waals surface area contributed by atoms with E-state index in [0.29, 0.717) is 17.7 Å². The Morgan fingerprint density at radius 3 is 2.45 bits per heavy atom. The van der Waals surface area contributed by atoms with Gasteiger partial charge in [-0.2, -0.15) is 0 Å². The van der Waals surface area contributed by atoms with Crippen LogP contribution < -0.4 is 15.4 Å². The Labute approximate surface area is 188 Å². The number of non-ortho nitro benzene ring substituents is 1. The van der Waals surface area contributed by atoms with Crippen LogP contribution in [0.25, 0.3) is 11.1 Å². The van der Waals surface area contributed by atoms with Crippen LogP contribution in [0.15, 0.2) is 82.0 Å². The lowest BCUT2D eigenvalue weighted by molar-refractivity contribution is -0.384. The van der Waals surface area contributed by atoms with Crippen LogP contribution >= 0.6 is 0 Å². The highest BCUT2D eigenvalue weighted by molar-refractivity contribution is 5.92. The number of oxazole rings is 1. The fraction of sp³-hybridized carbons (Fsp3) is 0.167. The van der Waals surface area contributed by atoms with E-state index in [4.69, 9.17) is 9.15 Å². The molecular formula is C24H21N3O6. The molecule has 0 fully saturated rings. The predicted octanol–water partition coefficient (Wildman–Crippen LogP) is 4.74. The number of aromatic nitrogens is 1. The fourth-order valence-electron chi connectivity index (χ4n) is 3.44. The molecule has 1 heterocycles. The van der Waals surface area contributed by atoms with Crippen LogP contribution in [0.4, 0.5) is 11.4 Å². The number of ether oxygens (including phenoxy) is 1. The molecule has 4 rings (SSSR count). The van der Waals surface area contributed by atoms with Gasteiger partial charge in [-0.3, -0.25) is 19.5 Å². The van der Waals surface area contributed by atoms with E-state index in [0.717, 1.165) is 11.4 Å². The second-order valence-corrected chi connectivity index (χ2v) is 7.39. The van der Waals surface area contributed by atoms with Gasteiger partial charge >= 0.3 is 5.76 Å². The van der Waals surface area contributed by atoms with E-state index < -0.39 is 10.7 Å². The van der Waals surface area contributed by atoms with Crippen molar-refractivity contribution in [1.29, 1.82) is 0 Å². The number of rotatable bonds is 8. The first-order valence-electron chi connectivity index (χ1n) is 10.3. The lowest BCUT2D eigenvalue weighted by atomic mass is 10.2. The van der Waals surface area contributed by atoms with Crippen molar-refractivity contribution in [3.8, 4) is 11.5 Å². The molecule has 0 aliphatic carbocycles. The molecule has 0 saturated carbocycles. The first kappa shape index (κ1) is 21.8. The van der Waals surface area contributed by atoms with E-state index in [2.05, 4.69) is 0 Å². The van der Waals surface area contributed by atoms with E-state index in [-0.39, 0.29) is 30.1 Å². The summed E-state index contributed by atoms with van der Waals surface area (Å²) in [4.78, 5) is 36.7. The van der Waals surface area contributed by atoms with E-state index in [1.165, 1.54) is 22.8 Å². The molecule has 168 valence electrons. The van der Waals surface area contributed by atoms with Crippen LogP contribution in [0.2, 0.25) is 0 Å². The molecule has 33 heavy (non-hydrogen) atoms. The maximum Gasteiger partial charge on any atom is 0.419 e. The monoisotopic (exact) mass is 447 g/mol.